The Morgan fingerprint density at radius 2 is 1.39 bits per heavy atom. The Hall–Kier alpha value is -3.94. The Labute approximate surface area is 180 Å². The molecule has 0 aliphatic carbocycles. The van der Waals surface area contributed by atoms with Gasteiger partial charge in [-0.05, 0) is 24.3 Å². The standard InChI is InChI=1S/C23H24N6O2/c30-21(17-24-22(31)18-7-3-1-4-8-18)27-19-15-25-23(26-16-19)29-13-11-28(12-14-29)20-9-5-2-6-10-20/h1-10,15-16H,11-14,17H2,(H,24,31)(H,27,30). The summed E-state index contributed by atoms with van der Waals surface area (Å²) in [5.41, 5.74) is 2.22. The van der Waals surface area contributed by atoms with Gasteiger partial charge in [-0.15, -0.1) is 0 Å². The van der Waals surface area contributed by atoms with Crippen LogP contribution in [0.3, 0.4) is 0 Å². The fourth-order valence-corrected chi connectivity index (χ4v) is 3.41. The number of carbonyl (C=O) groups excluding carboxylic acids is 2. The van der Waals surface area contributed by atoms with Crippen molar-refractivity contribution >= 4 is 29.1 Å². The second kappa shape index (κ2) is 9.71. The maximum absolute atomic E-state index is 12.1. The molecular formula is C23H24N6O2. The number of carbonyl (C=O) groups is 2. The third kappa shape index (κ3) is 5.36. The van der Waals surface area contributed by atoms with Crippen LogP contribution in [0.25, 0.3) is 0 Å². The zero-order valence-electron chi connectivity index (χ0n) is 17.1. The Bertz CT molecular complexity index is 1000. The van der Waals surface area contributed by atoms with Gasteiger partial charge in [0.2, 0.25) is 11.9 Å². The molecule has 8 heteroatoms. The molecule has 1 fully saturated rings. The molecule has 1 aromatic heterocycles. The van der Waals surface area contributed by atoms with Crippen molar-refractivity contribution < 1.29 is 9.59 Å². The average Bonchev–Trinajstić information content (AvgIpc) is 2.84. The lowest BCUT2D eigenvalue weighted by atomic mass is 10.2. The van der Waals surface area contributed by atoms with Gasteiger partial charge < -0.3 is 20.4 Å². The average molecular weight is 416 g/mol. The van der Waals surface area contributed by atoms with Crippen molar-refractivity contribution in [2.24, 2.45) is 0 Å². The lowest BCUT2D eigenvalue weighted by molar-refractivity contribution is -0.115. The molecule has 2 N–H and O–H groups in total. The van der Waals surface area contributed by atoms with Crippen LogP contribution in [0.1, 0.15) is 10.4 Å². The highest BCUT2D eigenvalue weighted by Crippen LogP contribution is 2.18. The summed E-state index contributed by atoms with van der Waals surface area (Å²) in [6, 6.07) is 19.1. The molecule has 0 unspecified atom stereocenters. The van der Waals surface area contributed by atoms with Crippen LogP contribution in [0, 0.1) is 0 Å². The van der Waals surface area contributed by atoms with E-state index in [1.165, 1.54) is 5.69 Å². The summed E-state index contributed by atoms with van der Waals surface area (Å²) in [7, 11) is 0. The van der Waals surface area contributed by atoms with Crippen molar-refractivity contribution in [3.05, 3.63) is 78.6 Å². The van der Waals surface area contributed by atoms with Crippen LogP contribution in [0.4, 0.5) is 17.3 Å². The number of nitrogens with one attached hydrogen (secondary N) is 2. The summed E-state index contributed by atoms with van der Waals surface area (Å²) < 4.78 is 0. The largest absolute Gasteiger partial charge is 0.368 e. The summed E-state index contributed by atoms with van der Waals surface area (Å²) in [5.74, 6) is 0.0113. The van der Waals surface area contributed by atoms with E-state index < -0.39 is 0 Å². The van der Waals surface area contributed by atoms with Crippen LogP contribution >= 0.6 is 0 Å². The van der Waals surface area contributed by atoms with Crippen molar-refractivity contribution in [3.8, 4) is 0 Å². The SMILES string of the molecule is O=C(CNC(=O)c1ccccc1)Nc1cnc(N2CCN(c3ccccc3)CC2)nc1. The first kappa shape index (κ1) is 20.3. The van der Waals surface area contributed by atoms with E-state index in [-0.39, 0.29) is 18.4 Å². The third-order valence-corrected chi connectivity index (χ3v) is 5.05. The summed E-state index contributed by atoms with van der Waals surface area (Å²) in [6.07, 6.45) is 3.17. The molecule has 0 bridgehead atoms. The van der Waals surface area contributed by atoms with Crippen LogP contribution < -0.4 is 20.4 Å². The molecule has 158 valence electrons. The van der Waals surface area contributed by atoms with E-state index in [4.69, 9.17) is 0 Å². The zero-order chi connectivity index (χ0) is 21.5. The number of aromatic nitrogens is 2. The number of hydrogen-bond donors (Lipinski definition) is 2. The smallest absolute Gasteiger partial charge is 0.251 e. The number of hydrogen-bond acceptors (Lipinski definition) is 6. The highest BCUT2D eigenvalue weighted by molar-refractivity contribution is 5.99. The van der Waals surface area contributed by atoms with Crippen molar-refractivity contribution in [2.75, 3.05) is 47.8 Å². The molecule has 8 nitrogen and oxygen atoms in total. The third-order valence-electron chi connectivity index (χ3n) is 5.05. The van der Waals surface area contributed by atoms with E-state index in [0.29, 0.717) is 17.2 Å². The van der Waals surface area contributed by atoms with Crippen LogP contribution in [0.5, 0.6) is 0 Å². The molecule has 4 rings (SSSR count). The minimum Gasteiger partial charge on any atom is -0.368 e. The first-order valence-corrected chi connectivity index (χ1v) is 10.2. The number of piperazine rings is 1. The number of amides is 2. The molecule has 1 aliphatic heterocycles. The zero-order valence-corrected chi connectivity index (χ0v) is 17.1. The van der Waals surface area contributed by atoms with Gasteiger partial charge in [0.05, 0.1) is 24.6 Å². The Balaban J connectivity index is 1.25. The van der Waals surface area contributed by atoms with Gasteiger partial charge in [-0.1, -0.05) is 36.4 Å². The molecular weight excluding hydrogens is 392 g/mol. The number of para-hydroxylation sites is 1. The molecule has 1 saturated heterocycles. The van der Waals surface area contributed by atoms with E-state index in [2.05, 4.69) is 42.5 Å². The lowest BCUT2D eigenvalue weighted by Gasteiger charge is -2.36. The number of nitrogens with zero attached hydrogens (tertiary/aromatic N) is 4. The number of rotatable bonds is 6. The van der Waals surface area contributed by atoms with Crippen LogP contribution in [-0.2, 0) is 4.79 Å². The Kier molecular flexibility index (Phi) is 6.37. The van der Waals surface area contributed by atoms with E-state index in [9.17, 15) is 9.59 Å². The normalized spacial score (nSPS) is 13.5. The van der Waals surface area contributed by atoms with E-state index >= 15 is 0 Å². The fourth-order valence-electron chi connectivity index (χ4n) is 3.41. The monoisotopic (exact) mass is 416 g/mol. The molecule has 0 radical (unpaired) electrons. The topological polar surface area (TPSA) is 90.5 Å². The molecule has 2 aromatic carbocycles. The molecule has 3 aromatic rings. The predicted octanol–water partition coefficient (Wildman–Crippen LogP) is 2.17. The maximum Gasteiger partial charge on any atom is 0.251 e. The van der Waals surface area contributed by atoms with Crippen molar-refractivity contribution in [3.63, 3.8) is 0 Å². The van der Waals surface area contributed by atoms with Gasteiger partial charge in [-0.2, -0.15) is 0 Å². The first-order valence-electron chi connectivity index (χ1n) is 10.2. The molecule has 0 saturated carbocycles. The predicted molar refractivity (Wildman–Crippen MR) is 120 cm³/mol. The van der Waals surface area contributed by atoms with Gasteiger partial charge in [0, 0.05) is 37.4 Å². The van der Waals surface area contributed by atoms with E-state index in [1.807, 2.05) is 24.3 Å². The van der Waals surface area contributed by atoms with Crippen molar-refractivity contribution in [2.45, 2.75) is 0 Å². The van der Waals surface area contributed by atoms with Crippen LogP contribution in [0.15, 0.2) is 73.1 Å². The van der Waals surface area contributed by atoms with E-state index in [0.717, 1.165) is 26.2 Å². The van der Waals surface area contributed by atoms with Crippen molar-refractivity contribution in [1.29, 1.82) is 0 Å². The van der Waals surface area contributed by atoms with Crippen LogP contribution in [-0.4, -0.2) is 54.5 Å². The summed E-state index contributed by atoms with van der Waals surface area (Å²) in [6.45, 7) is 3.31. The van der Waals surface area contributed by atoms with Gasteiger partial charge in [0.1, 0.15) is 0 Å². The molecule has 31 heavy (non-hydrogen) atoms. The minimum atomic E-state index is -0.336. The maximum atomic E-state index is 12.1. The highest BCUT2D eigenvalue weighted by Gasteiger charge is 2.19. The summed E-state index contributed by atoms with van der Waals surface area (Å²) >= 11 is 0. The quantitative estimate of drug-likeness (QED) is 0.640. The molecule has 1 aliphatic rings. The molecule has 0 spiro atoms. The minimum absolute atomic E-state index is 0.128. The molecule has 2 amide bonds. The van der Waals surface area contributed by atoms with Gasteiger partial charge in [-0.3, -0.25) is 9.59 Å². The number of benzene rings is 2. The van der Waals surface area contributed by atoms with Gasteiger partial charge in [0.15, 0.2) is 0 Å². The van der Waals surface area contributed by atoms with Gasteiger partial charge in [0.25, 0.3) is 5.91 Å². The molecule has 2 heterocycles. The van der Waals surface area contributed by atoms with Gasteiger partial charge in [-0.25, -0.2) is 9.97 Å². The summed E-state index contributed by atoms with van der Waals surface area (Å²) in [4.78, 5) is 37.4. The lowest BCUT2D eigenvalue weighted by Crippen LogP contribution is -2.47. The summed E-state index contributed by atoms with van der Waals surface area (Å²) in [5, 5.41) is 5.30. The van der Waals surface area contributed by atoms with Crippen molar-refractivity contribution in [1.82, 2.24) is 15.3 Å². The Morgan fingerprint density at radius 3 is 2.03 bits per heavy atom. The highest BCUT2D eigenvalue weighted by atomic mass is 16.2. The first-order chi connectivity index (χ1) is 15.2. The second-order valence-electron chi connectivity index (χ2n) is 7.18. The second-order valence-corrected chi connectivity index (χ2v) is 7.18. The van der Waals surface area contributed by atoms with Crippen LogP contribution in [0.2, 0.25) is 0 Å². The molecule has 0 atom stereocenters. The Morgan fingerprint density at radius 1 is 0.806 bits per heavy atom. The van der Waals surface area contributed by atoms with E-state index in [1.54, 1.807) is 36.7 Å². The fraction of sp³-hybridized carbons (Fsp3) is 0.217. The number of anilines is 3. The van der Waals surface area contributed by atoms with Gasteiger partial charge >= 0.3 is 0 Å².